The minimum absolute atomic E-state index is 0.601. The highest BCUT2D eigenvalue weighted by molar-refractivity contribution is 4.87. The molecular formula is C14H31N3. The van der Waals surface area contributed by atoms with E-state index in [0.717, 1.165) is 24.4 Å². The van der Waals surface area contributed by atoms with E-state index < -0.39 is 0 Å². The second-order valence-electron chi connectivity index (χ2n) is 6.39. The van der Waals surface area contributed by atoms with Crippen molar-refractivity contribution in [1.29, 1.82) is 0 Å². The molecule has 17 heavy (non-hydrogen) atoms. The summed E-state index contributed by atoms with van der Waals surface area (Å²) in [6, 6.07) is 1.34. The topological polar surface area (TPSA) is 18.5 Å². The Morgan fingerprint density at radius 3 is 2.35 bits per heavy atom. The van der Waals surface area contributed by atoms with Crippen LogP contribution in [0.2, 0.25) is 0 Å². The molecule has 3 nitrogen and oxygen atoms in total. The van der Waals surface area contributed by atoms with Crippen LogP contribution in [0.1, 0.15) is 27.7 Å². The largest absolute Gasteiger partial charge is 0.314 e. The van der Waals surface area contributed by atoms with E-state index in [1.54, 1.807) is 0 Å². The van der Waals surface area contributed by atoms with Gasteiger partial charge in [0.2, 0.25) is 0 Å². The van der Waals surface area contributed by atoms with Crippen LogP contribution in [0.5, 0.6) is 0 Å². The average Bonchev–Trinajstić information content (AvgIpc) is 2.56. The van der Waals surface area contributed by atoms with Crippen LogP contribution >= 0.6 is 0 Å². The van der Waals surface area contributed by atoms with Crippen molar-refractivity contribution in [2.45, 2.75) is 39.8 Å². The van der Waals surface area contributed by atoms with E-state index in [1.165, 1.54) is 19.6 Å². The first-order chi connectivity index (χ1) is 7.90. The summed E-state index contributed by atoms with van der Waals surface area (Å²) in [5, 5.41) is 3.53. The maximum absolute atomic E-state index is 3.53. The molecule has 1 heterocycles. The molecule has 0 aliphatic carbocycles. The predicted octanol–water partition coefficient (Wildman–Crippen LogP) is 1.50. The second kappa shape index (κ2) is 6.72. The van der Waals surface area contributed by atoms with Gasteiger partial charge in [-0.3, -0.25) is 0 Å². The van der Waals surface area contributed by atoms with E-state index in [1.807, 2.05) is 0 Å². The third-order valence-corrected chi connectivity index (χ3v) is 3.76. The van der Waals surface area contributed by atoms with E-state index in [9.17, 15) is 0 Å². The zero-order valence-corrected chi connectivity index (χ0v) is 12.5. The minimum atomic E-state index is 0.601. The van der Waals surface area contributed by atoms with E-state index in [4.69, 9.17) is 0 Å². The van der Waals surface area contributed by atoms with Crippen LogP contribution in [0, 0.1) is 11.8 Å². The SMILES string of the molecule is CC(CNC(C)C)CN1CC(C)C(N(C)C)C1. The molecule has 102 valence electrons. The Bertz CT molecular complexity index is 216. The van der Waals surface area contributed by atoms with Crippen LogP contribution in [0.25, 0.3) is 0 Å². The summed E-state index contributed by atoms with van der Waals surface area (Å²) >= 11 is 0. The van der Waals surface area contributed by atoms with Gasteiger partial charge in [-0.15, -0.1) is 0 Å². The summed E-state index contributed by atoms with van der Waals surface area (Å²) < 4.78 is 0. The van der Waals surface area contributed by atoms with Crippen LogP contribution in [-0.2, 0) is 0 Å². The van der Waals surface area contributed by atoms with Gasteiger partial charge < -0.3 is 15.1 Å². The molecule has 1 N–H and O–H groups in total. The molecule has 0 aromatic heterocycles. The monoisotopic (exact) mass is 241 g/mol. The van der Waals surface area contributed by atoms with Gasteiger partial charge in [0.15, 0.2) is 0 Å². The zero-order chi connectivity index (χ0) is 13.0. The molecule has 3 unspecified atom stereocenters. The number of likely N-dealkylation sites (tertiary alicyclic amines) is 1. The van der Waals surface area contributed by atoms with E-state index >= 15 is 0 Å². The minimum Gasteiger partial charge on any atom is -0.314 e. The molecule has 1 aliphatic rings. The lowest BCUT2D eigenvalue weighted by Crippen LogP contribution is -2.37. The van der Waals surface area contributed by atoms with E-state index in [2.05, 4.69) is 56.9 Å². The second-order valence-corrected chi connectivity index (χ2v) is 6.39. The van der Waals surface area contributed by atoms with E-state index in [-0.39, 0.29) is 0 Å². The molecule has 0 amide bonds. The molecule has 0 aromatic rings. The zero-order valence-electron chi connectivity index (χ0n) is 12.5. The standard InChI is InChI=1S/C14H31N3/c1-11(2)15-7-12(3)8-17-9-13(4)14(10-17)16(5)6/h11-15H,7-10H2,1-6H3. The first kappa shape index (κ1) is 14.9. The Morgan fingerprint density at radius 2 is 1.88 bits per heavy atom. The molecule has 0 radical (unpaired) electrons. The normalized spacial score (nSPS) is 28.2. The van der Waals surface area contributed by atoms with Gasteiger partial charge in [-0.1, -0.05) is 27.7 Å². The van der Waals surface area contributed by atoms with Gasteiger partial charge in [-0.2, -0.15) is 0 Å². The Morgan fingerprint density at radius 1 is 1.24 bits per heavy atom. The molecule has 1 fully saturated rings. The van der Waals surface area contributed by atoms with Crippen molar-refractivity contribution in [2.75, 3.05) is 40.3 Å². The average molecular weight is 241 g/mol. The highest BCUT2D eigenvalue weighted by Gasteiger charge is 2.31. The van der Waals surface area contributed by atoms with Gasteiger partial charge in [0, 0.05) is 31.7 Å². The lowest BCUT2D eigenvalue weighted by atomic mass is 10.1. The fraction of sp³-hybridized carbons (Fsp3) is 1.00. The van der Waals surface area contributed by atoms with Crippen molar-refractivity contribution in [1.82, 2.24) is 15.1 Å². The number of nitrogens with zero attached hydrogens (tertiary/aromatic N) is 2. The summed E-state index contributed by atoms with van der Waals surface area (Å²) in [5.74, 6) is 1.54. The van der Waals surface area contributed by atoms with Crippen molar-refractivity contribution in [2.24, 2.45) is 11.8 Å². The first-order valence-electron chi connectivity index (χ1n) is 7.02. The van der Waals surface area contributed by atoms with Crippen molar-refractivity contribution in [3.63, 3.8) is 0 Å². The van der Waals surface area contributed by atoms with Crippen LogP contribution < -0.4 is 5.32 Å². The maximum Gasteiger partial charge on any atom is 0.0254 e. The molecule has 3 atom stereocenters. The van der Waals surface area contributed by atoms with Gasteiger partial charge in [0.05, 0.1) is 0 Å². The van der Waals surface area contributed by atoms with Crippen LogP contribution in [0.15, 0.2) is 0 Å². The van der Waals surface area contributed by atoms with Crippen molar-refractivity contribution < 1.29 is 0 Å². The quantitative estimate of drug-likeness (QED) is 0.760. The summed E-state index contributed by atoms with van der Waals surface area (Å²) in [7, 11) is 4.41. The van der Waals surface area contributed by atoms with Crippen molar-refractivity contribution >= 4 is 0 Å². The van der Waals surface area contributed by atoms with Gasteiger partial charge in [0.1, 0.15) is 0 Å². The smallest absolute Gasteiger partial charge is 0.0254 e. The first-order valence-corrected chi connectivity index (χ1v) is 7.02. The Kier molecular flexibility index (Phi) is 5.90. The summed E-state index contributed by atoms with van der Waals surface area (Å²) in [6.07, 6.45) is 0. The molecule has 1 aliphatic heterocycles. The molecule has 1 rings (SSSR count). The number of hydrogen-bond donors (Lipinski definition) is 1. The highest BCUT2D eigenvalue weighted by Crippen LogP contribution is 2.20. The van der Waals surface area contributed by atoms with Gasteiger partial charge in [0.25, 0.3) is 0 Å². The maximum atomic E-state index is 3.53. The number of likely N-dealkylation sites (N-methyl/N-ethyl adjacent to an activating group) is 1. The summed E-state index contributed by atoms with van der Waals surface area (Å²) in [5.41, 5.74) is 0. The number of rotatable bonds is 6. The number of nitrogens with one attached hydrogen (secondary N) is 1. The van der Waals surface area contributed by atoms with Crippen molar-refractivity contribution in [3.05, 3.63) is 0 Å². The van der Waals surface area contributed by atoms with Crippen molar-refractivity contribution in [3.8, 4) is 0 Å². The Hall–Kier alpha value is -0.120. The lowest BCUT2D eigenvalue weighted by Gasteiger charge is -2.24. The van der Waals surface area contributed by atoms with E-state index in [0.29, 0.717) is 6.04 Å². The van der Waals surface area contributed by atoms with Crippen LogP contribution in [0.4, 0.5) is 0 Å². The molecule has 0 saturated carbocycles. The van der Waals surface area contributed by atoms with Gasteiger partial charge in [-0.25, -0.2) is 0 Å². The van der Waals surface area contributed by atoms with Crippen LogP contribution in [0.3, 0.4) is 0 Å². The Balaban J connectivity index is 2.29. The molecular weight excluding hydrogens is 210 g/mol. The third kappa shape index (κ3) is 4.94. The predicted molar refractivity (Wildman–Crippen MR) is 75.4 cm³/mol. The third-order valence-electron chi connectivity index (χ3n) is 3.76. The number of hydrogen-bond acceptors (Lipinski definition) is 3. The summed E-state index contributed by atoms with van der Waals surface area (Å²) in [6.45, 7) is 14.0. The Labute approximate surface area is 108 Å². The molecule has 1 saturated heterocycles. The van der Waals surface area contributed by atoms with Crippen LogP contribution in [-0.4, -0.2) is 62.2 Å². The molecule has 0 spiro atoms. The highest BCUT2D eigenvalue weighted by atomic mass is 15.2. The lowest BCUT2D eigenvalue weighted by molar-refractivity contribution is 0.238. The molecule has 3 heteroatoms. The molecule has 0 bridgehead atoms. The van der Waals surface area contributed by atoms with Gasteiger partial charge in [-0.05, 0) is 32.5 Å². The fourth-order valence-corrected chi connectivity index (χ4v) is 2.81. The fourth-order valence-electron chi connectivity index (χ4n) is 2.81. The summed E-state index contributed by atoms with van der Waals surface area (Å²) in [4.78, 5) is 5.00. The van der Waals surface area contributed by atoms with Gasteiger partial charge >= 0.3 is 0 Å². The molecule has 0 aromatic carbocycles.